The van der Waals surface area contributed by atoms with Gasteiger partial charge in [0.2, 0.25) is 0 Å². The summed E-state index contributed by atoms with van der Waals surface area (Å²) in [6, 6.07) is 4.95. The van der Waals surface area contributed by atoms with Crippen LogP contribution in [0.3, 0.4) is 0 Å². The van der Waals surface area contributed by atoms with Crippen LogP contribution in [0.15, 0.2) is 24.5 Å². The first kappa shape index (κ1) is 18.1. The van der Waals surface area contributed by atoms with Gasteiger partial charge in [-0.1, -0.05) is 19.1 Å². The predicted molar refractivity (Wildman–Crippen MR) is 102 cm³/mol. The summed E-state index contributed by atoms with van der Waals surface area (Å²) in [4.78, 5) is 7.30. The Morgan fingerprint density at radius 2 is 1.81 bits per heavy atom. The second kappa shape index (κ2) is 6.10. The lowest BCUT2D eigenvalue weighted by Crippen LogP contribution is -2.41. The molecule has 0 amide bonds. The maximum Gasteiger partial charge on any atom is 0.497 e. The number of nitrogens with one attached hydrogen (secondary N) is 1. The number of rotatable bonds is 3. The number of fused-ring (bicyclic) bond motifs is 1. The SMILES string of the molecule is CCc1nnc2nc[nH]c2c1-c1ccc(F)c(B2OC(C)(C)C(C)(C)O2)c1. The highest BCUT2D eigenvalue weighted by atomic mass is 19.1. The summed E-state index contributed by atoms with van der Waals surface area (Å²) in [7, 11) is -0.771. The standard InChI is InChI=1S/C19H22BFN4O2/c1-6-14-15(16-17(25-24-14)23-10-22-16)11-7-8-13(21)12(9-11)20-26-18(2,3)19(4,5)27-20/h7-10H,6H2,1-5H3,(H,22,23,25). The average molecular weight is 368 g/mol. The minimum Gasteiger partial charge on any atom is -0.399 e. The van der Waals surface area contributed by atoms with Gasteiger partial charge in [-0.05, 0) is 45.7 Å². The Hall–Kier alpha value is -2.32. The van der Waals surface area contributed by atoms with E-state index in [1.807, 2.05) is 34.6 Å². The molecular weight excluding hydrogens is 346 g/mol. The summed E-state index contributed by atoms with van der Waals surface area (Å²) >= 11 is 0. The van der Waals surface area contributed by atoms with Crippen molar-refractivity contribution in [1.29, 1.82) is 0 Å². The molecule has 2 aromatic heterocycles. The number of H-pyrrole nitrogens is 1. The van der Waals surface area contributed by atoms with Crippen molar-refractivity contribution in [2.24, 2.45) is 0 Å². The molecule has 1 N–H and O–H groups in total. The molecule has 3 heterocycles. The maximum absolute atomic E-state index is 14.7. The monoisotopic (exact) mass is 368 g/mol. The minimum atomic E-state index is -0.771. The second-order valence-corrected chi connectivity index (χ2v) is 7.80. The Morgan fingerprint density at radius 1 is 1.11 bits per heavy atom. The first-order valence-electron chi connectivity index (χ1n) is 9.07. The van der Waals surface area contributed by atoms with Crippen LogP contribution in [-0.4, -0.2) is 38.5 Å². The molecule has 8 heteroatoms. The Balaban J connectivity index is 1.84. The van der Waals surface area contributed by atoms with Gasteiger partial charge in [0, 0.05) is 11.0 Å². The molecule has 6 nitrogen and oxygen atoms in total. The van der Waals surface area contributed by atoms with Crippen molar-refractivity contribution < 1.29 is 13.7 Å². The average Bonchev–Trinajstić information content (AvgIpc) is 3.16. The topological polar surface area (TPSA) is 72.9 Å². The highest BCUT2D eigenvalue weighted by Crippen LogP contribution is 2.37. The molecule has 4 rings (SSSR count). The van der Waals surface area contributed by atoms with Crippen LogP contribution in [0.25, 0.3) is 22.3 Å². The zero-order chi connectivity index (χ0) is 19.4. The highest BCUT2D eigenvalue weighted by Gasteiger charge is 2.52. The van der Waals surface area contributed by atoms with E-state index in [4.69, 9.17) is 9.31 Å². The second-order valence-electron chi connectivity index (χ2n) is 7.80. The smallest absolute Gasteiger partial charge is 0.399 e. The van der Waals surface area contributed by atoms with Gasteiger partial charge < -0.3 is 14.3 Å². The molecule has 1 saturated heterocycles. The third-order valence-corrected chi connectivity index (χ3v) is 5.55. The Labute approximate surface area is 157 Å². The molecule has 3 aromatic rings. The number of hydrogen-bond acceptors (Lipinski definition) is 5. The van der Waals surface area contributed by atoms with Crippen molar-refractivity contribution in [3.8, 4) is 11.1 Å². The van der Waals surface area contributed by atoms with Gasteiger partial charge in [-0.25, -0.2) is 9.37 Å². The lowest BCUT2D eigenvalue weighted by molar-refractivity contribution is 0.00578. The number of aryl methyl sites for hydroxylation is 1. The van der Waals surface area contributed by atoms with E-state index in [0.717, 1.165) is 22.3 Å². The van der Waals surface area contributed by atoms with Crippen LogP contribution in [0.5, 0.6) is 0 Å². The van der Waals surface area contributed by atoms with Crippen LogP contribution >= 0.6 is 0 Å². The number of imidazole rings is 1. The van der Waals surface area contributed by atoms with E-state index in [2.05, 4.69) is 20.2 Å². The Morgan fingerprint density at radius 3 is 2.48 bits per heavy atom. The molecular formula is C19H22BFN4O2. The molecule has 1 aromatic carbocycles. The third kappa shape index (κ3) is 2.83. The number of hydrogen-bond donors (Lipinski definition) is 1. The van der Waals surface area contributed by atoms with E-state index in [1.165, 1.54) is 6.07 Å². The minimum absolute atomic E-state index is 0.363. The number of nitrogens with zero attached hydrogens (tertiary/aromatic N) is 3. The molecule has 27 heavy (non-hydrogen) atoms. The molecule has 0 aliphatic carbocycles. The van der Waals surface area contributed by atoms with E-state index in [9.17, 15) is 4.39 Å². The van der Waals surface area contributed by atoms with Crippen LogP contribution in [0, 0.1) is 5.82 Å². The molecule has 0 unspecified atom stereocenters. The van der Waals surface area contributed by atoms with E-state index in [-0.39, 0.29) is 5.82 Å². The van der Waals surface area contributed by atoms with Gasteiger partial charge in [-0.3, -0.25) is 0 Å². The molecule has 0 saturated carbocycles. The number of aromatic amines is 1. The van der Waals surface area contributed by atoms with Gasteiger partial charge >= 0.3 is 7.12 Å². The Bertz CT molecular complexity index is 1000. The van der Waals surface area contributed by atoms with E-state index < -0.39 is 18.3 Å². The van der Waals surface area contributed by atoms with Gasteiger partial charge in [0.15, 0.2) is 5.65 Å². The Kier molecular flexibility index (Phi) is 4.08. The fraction of sp³-hybridized carbons (Fsp3) is 0.421. The lowest BCUT2D eigenvalue weighted by atomic mass is 9.77. The molecule has 1 aliphatic heterocycles. The lowest BCUT2D eigenvalue weighted by Gasteiger charge is -2.32. The van der Waals surface area contributed by atoms with Crippen molar-refractivity contribution >= 4 is 23.7 Å². The van der Waals surface area contributed by atoms with Crippen molar-refractivity contribution in [2.45, 2.75) is 52.2 Å². The van der Waals surface area contributed by atoms with E-state index >= 15 is 0 Å². The van der Waals surface area contributed by atoms with Crippen molar-refractivity contribution in [3.05, 3.63) is 36.0 Å². The van der Waals surface area contributed by atoms with Gasteiger partial charge in [-0.2, -0.15) is 5.10 Å². The molecule has 0 spiro atoms. The zero-order valence-corrected chi connectivity index (χ0v) is 16.1. The number of benzene rings is 1. The fourth-order valence-corrected chi connectivity index (χ4v) is 3.26. The first-order chi connectivity index (χ1) is 12.7. The van der Waals surface area contributed by atoms with Crippen molar-refractivity contribution in [1.82, 2.24) is 20.2 Å². The zero-order valence-electron chi connectivity index (χ0n) is 16.1. The first-order valence-corrected chi connectivity index (χ1v) is 9.07. The molecule has 140 valence electrons. The predicted octanol–water partition coefficient (Wildman–Crippen LogP) is 3.02. The fourth-order valence-electron chi connectivity index (χ4n) is 3.26. The molecule has 0 bridgehead atoms. The molecule has 0 radical (unpaired) electrons. The quantitative estimate of drug-likeness (QED) is 0.720. The normalized spacial score (nSPS) is 18.4. The van der Waals surface area contributed by atoms with Crippen LogP contribution < -0.4 is 5.46 Å². The van der Waals surface area contributed by atoms with Crippen LogP contribution in [-0.2, 0) is 15.7 Å². The van der Waals surface area contributed by atoms with Crippen molar-refractivity contribution in [3.63, 3.8) is 0 Å². The molecule has 1 aliphatic rings. The number of aromatic nitrogens is 4. The maximum atomic E-state index is 14.7. The molecule has 0 atom stereocenters. The third-order valence-electron chi connectivity index (χ3n) is 5.55. The van der Waals surface area contributed by atoms with Gasteiger partial charge in [0.25, 0.3) is 0 Å². The number of halogens is 1. The summed E-state index contributed by atoms with van der Waals surface area (Å²) in [6.07, 6.45) is 2.28. The van der Waals surface area contributed by atoms with E-state index in [1.54, 1.807) is 18.5 Å². The van der Waals surface area contributed by atoms with Gasteiger partial charge in [-0.15, -0.1) is 5.10 Å². The van der Waals surface area contributed by atoms with E-state index in [0.29, 0.717) is 17.5 Å². The highest BCUT2D eigenvalue weighted by molar-refractivity contribution is 6.62. The van der Waals surface area contributed by atoms with Gasteiger partial charge in [0.05, 0.1) is 28.7 Å². The molecule has 1 fully saturated rings. The van der Waals surface area contributed by atoms with Crippen molar-refractivity contribution in [2.75, 3.05) is 0 Å². The van der Waals surface area contributed by atoms with Crippen LogP contribution in [0.1, 0.15) is 40.3 Å². The van der Waals surface area contributed by atoms with Crippen LogP contribution in [0.4, 0.5) is 4.39 Å². The summed E-state index contributed by atoms with van der Waals surface area (Å²) in [6.45, 7) is 9.81. The van der Waals surface area contributed by atoms with Crippen LogP contribution in [0.2, 0.25) is 0 Å². The summed E-state index contributed by atoms with van der Waals surface area (Å²) in [5, 5.41) is 8.42. The summed E-state index contributed by atoms with van der Waals surface area (Å²) in [5.41, 5.74) is 3.13. The largest absolute Gasteiger partial charge is 0.497 e. The van der Waals surface area contributed by atoms with Gasteiger partial charge in [0.1, 0.15) is 5.82 Å². The summed E-state index contributed by atoms with van der Waals surface area (Å²) < 4.78 is 26.8. The summed E-state index contributed by atoms with van der Waals surface area (Å²) in [5.74, 6) is -0.363.